The minimum Gasteiger partial charge on any atom is -0.320 e. The molecule has 0 aliphatic rings. The van der Waals surface area contributed by atoms with Gasteiger partial charge in [-0.25, -0.2) is 8.78 Å². The number of aromatic nitrogens is 1. The van der Waals surface area contributed by atoms with E-state index in [2.05, 4.69) is 4.98 Å². The van der Waals surface area contributed by atoms with Crippen molar-refractivity contribution in [3.8, 4) is 0 Å². The smallest absolute Gasteiger partial charge is 0.146 e. The Balaban J connectivity index is 2.44. The Hall–Kier alpha value is -1.52. The molecule has 1 aromatic carbocycles. The number of halogens is 3. The lowest BCUT2D eigenvalue weighted by Gasteiger charge is -2.13. The van der Waals surface area contributed by atoms with Crippen LogP contribution in [0, 0.1) is 11.6 Å². The van der Waals surface area contributed by atoms with E-state index in [9.17, 15) is 8.78 Å². The van der Waals surface area contributed by atoms with Gasteiger partial charge in [-0.15, -0.1) is 0 Å². The van der Waals surface area contributed by atoms with Crippen LogP contribution < -0.4 is 5.73 Å². The van der Waals surface area contributed by atoms with Gasteiger partial charge in [0, 0.05) is 11.8 Å². The van der Waals surface area contributed by atoms with Crippen LogP contribution in [0.4, 0.5) is 8.78 Å². The van der Waals surface area contributed by atoms with E-state index in [0.717, 1.165) is 6.20 Å². The summed E-state index contributed by atoms with van der Waals surface area (Å²) < 4.78 is 26.7. The highest BCUT2D eigenvalue weighted by Crippen LogP contribution is 2.26. The molecular weight excluding hydrogens is 246 g/mol. The first-order valence-electron chi connectivity index (χ1n) is 4.89. The number of benzene rings is 1. The van der Waals surface area contributed by atoms with Crippen molar-refractivity contribution in [3.05, 3.63) is 64.4 Å². The monoisotopic (exact) mass is 254 g/mol. The average Bonchev–Trinajstić information content (AvgIpc) is 2.32. The van der Waals surface area contributed by atoms with Crippen LogP contribution >= 0.6 is 11.6 Å². The number of hydrogen-bond acceptors (Lipinski definition) is 2. The van der Waals surface area contributed by atoms with Crippen molar-refractivity contribution in [1.29, 1.82) is 0 Å². The third kappa shape index (κ3) is 2.43. The molecule has 2 aromatic rings. The molecule has 0 fully saturated rings. The molecule has 0 aliphatic heterocycles. The largest absolute Gasteiger partial charge is 0.320 e. The summed E-state index contributed by atoms with van der Waals surface area (Å²) in [6, 6.07) is 4.95. The van der Waals surface area contributed by atoms with Gasteiger partial charge in [-0.2, -0.15) is 0 Å². The van der Waals surface area contributed by atoms with Crippen molar-refractivity contribution in [2.24, 2.45) is 5.73 Å². The summed E-state index contributed by atoms with van der Waals surface area (Å²) in [5, 5.41) is -0.0117. The molecule has 2 N–H and O–H groups in total. The molecule has 0 bridgehead atoms. The van der Waals surface area contributed by atoms with E-state index in [0.29, 0.717) is 5.56 Å². The molecule has 0 saturated carbocycles. The molecule has 0 radical (unpaired) electrons. The Morgan fingerprint density at radius 1 is 1.24 bits per heavy atom. The van der Waals surface area contributed by atoms with Crippen molar-refractivity contribution in [2.45, 2.75) is 6.04 Å². The van der Waals surface area contributed by atoms with Gasteiger partial charge in [-0.05, 0) is 17.7 Å². The molecule has 0 aliphatic carbocycles. The van der Waals surface area contributed by atoms with Gasteiger partial charge in [0.2, 0.25) is 0 Å². The highest BCUT2D eigenvalue weighted by molar-refractivity contribution is 6.30. The summed E-state index contributed by atoms with van der Waals surface area (Å²) in [5.74, 6) is -1.11. The van der Waals surface area contributed by atoms with Gasteiger partial charge in [-0.1, -0.05) is 23.7 Å². The Bertz CT molecular complexity index is 546. The Morgan fingerprint density at radius 3 is 2.71 bits per heavy atom. The number of hydrogen-bond donors (Lipinski definition) is 1. The van der Waals surface area contributed by atoms with Gasteiger partial charge >= 0.3 is 0 Å². The van der Waals surface area contributed by atoms with Gasteiger partial charge in [0.25, 0.3) is 0 Å². The quantitative estimate of drug-likeness (QED) is 0.895. The van der Waals surface area contributed by atoms with E-state index in [1.165, 1.54) is 24.4 Å². The van der Waals surface area contributed by atoms with Crippen LogP contribution in [0.5, 0.6) is 0 Å². The fourth-order valence-electron chi connectivity index (χ4n) is 1.54. The van der Waals surface area contributed by atoms with Crippen LogP contribution in [0.15, 0.2) is 36.7 Å². The topological polar surface area (TPSA) is 38.9 Å². The highest BCUT2D eigenvalue weighted by atomic mass is 35.5. The predicted molar refractivity (Wildman–Crippen MR) is 61.6 cm³/mol. The number of rotatable bonds is 2. The average molecular weight is 255 g/mol. The van der Waals surface area contributed by atoms with E-state index in [1.807, 2.05) is 0 Å². The van der Waals surface area contributed by atoms with Crippen LogP contribution in [-0.4, -0.2) is 4.98 Å². The summed E-state index contributed by atoms with van der Waals surface area (Å²) >= 11 is 5.66. The number of nitrogens with two attached hydrogens (primary N) is 1. The van der Waals surface area contributed by atoms with Crippen molar-refractivity contribution in [2.75, 3.05) is 0 Å². The number of nitrogens with zero attached hydrogens (tertiary/aromatic N) is 1. The zero-order valence-corrected chi connectivity index (χ0v) is 9.46. The first-order valence-corrected chi connectivity index (χ1v) is 5.27. The summed E-state index contributed by atoms with van der Waals surface area (Å²) in [6.45, 7) is 0. The molecule has 17 heavy (non-hydrogen) atoms. The van der Waals surface area contributed by atoms with E-state index in [4.69, 9.17) is 17.3 Å². The summed E-state index contributed by atoms with van der Waals surface area (Å²) in [5.41, 5.74) is 6.46. The molecule has 1 unspecified atom stereocenters. The van der Waals surface area contributed by atoms with Crippen LogP contribution in [0.1, 0.15) is 17.2 Å². The van der Waals surface area contributed by atoms with Crippen LogP contribution in [0.3, 0.4) is 0 Å². The fraction of sp³-hybridized carbons (Fsp3) is 0.0833. The lowest BCUT2D eigenvalue weighted by Crippen LogP contribution is -2.14. The van der Waals surface area contributed by atoms with Gasteiger partial charge in [0.1, 0.15) is 11.6 Å². The molecule has 1 aromatic heterocycles. The van der Waals surface area contributed by atoms with Crippen LogP contribution in [0.2, 0.25) is 5.02 Å². The maximum Gasteiger partial charge on any atom is 0.146 e. The standard InChI is InChI=1S/C12H9ClF2N2/c13-10-3-1-2-9(11(10)15)12(16)7-4-8(14)6-17-5-7/h1-6,12H,16H2. The molecule has 1 atom stereocenters. The summed E-state index contributed by atoms with van der Waals surface area (Å²) in [4.78, 5) is 3.67. The zero-order valence-electron chi connectivity index (χ0n) is 8.70. The Morgan fingerprint density at radius 2 is 2.00 bits per heavy atom. The second-order valence-electron chi connectivity index (χ2n) is 3.56. The molecule has 88 valence electrons. The zero-order chi connectivity index (χ0) is 12.4. The predicted octanol–water partition coefficient (Wildman–Crippen LogP) is 3.06. The fourth-order valence-corrected chi connectivity index (χ4v) is 1.72. The van der Waals surface area contributed by atoms with E-state index in [-0.39, 0.29) is 10.6 Å². The third-order valence-corrected chi connectivity index (χ3v) is 2.69. The van der Waals surface area contributed by atoms with Crippen molar-refractivity contribution < 1.29 is 8.78 Å². The normalized spacial score (nSPS) is 12.5. The maximum absolute atomic E-state index is 13.7. The minimum atomic E-state index is -0.795. The molecule has 0 saturated heterocycles. The molecule has 1 heterocycles. The summed E-state index contributed by atoms with van der Waals surface area (Å²) in [6.07, 6.45) is 2.46. The third-order valence-electron chi connectivity index (χ3n) is 2.40. The maximum atomic E-state index is 13.7. The second-order valence-corrected chi connectivity index (χ2v) is 3.96. The summed E-state index contributed by atoms with van der Waals surface area (Å²) in [7, 11) is 0. The first kappa shape index (κ1) is 12.0. The van der Waals surface area contributed by atoms with Crippen LogP contribution in [-0.2, 0) is 0 Å². The molecular formula is C12H9ClF2N2. The lowest BCUT2D eigenvalue weighted by molar-refractivity contribution is 0.594. The lowest BCUT2D eigenvalue weighted by atomic mass is 10.0. The molecule has 0 spiro atoms. The van der Waals surface area contributed by atoms with Crippen molar-refractivity contribution in [1.82, 2.24) is 4.98 Å². The van der Waals surface area contributed by atoms with Crippen molar-refractivity contribution in [3.63, 3.8) is 0 Å². The highest BCUT2D eigenvalue weighted by Gasteiger charge is 2.16. The molecule has 5 heteroatoms. The number of pyridine rings is 1. The first-order chi connectivity index (χ1) is 8.09. The van der Waals surface area contributed by atoms with Gasteiger partial charge in [0.15, 0.2) is 0 Å². The van der Waals surface area contributed by atoms with Gasteiger partial charge < -0.3 is 5.73 Å². The Kier molecular flexibility index (Phi) is 3.36. The van der Waals surface area contributed by atoms with E-state index < -0.39 is 17.7 Å². The molecule has 2 rings (SSSR count). The Labute approximate surface area is 102 Å². The van der Waals surface area contributed by atoms with Gasteiger partial charge in [-0.3, -0.25) is 4.98 Å². The van der Waals surface area contributed by atoms with Crippen molar-refractivity contribution >= 4 is 11.6 Å². The van der Waals surface area contributed by atoms with Crippen LogP contribution in [0.25, 0.3) is 0 Å². The molecule has 0 amide bonds. The SMILES string of the molecule is NC(c1cncc(F)c1)c1cccc(Cl)c1F. The van der Waals surface area contributed by atoms with Gasteiger partial charge in [0.05, 0.1) is 17.3 Å². The second kappa shape index (κ2) is 4.77. The molecule has 2 nitrogen and oxygen atoms in total. The van der Waals surface area contributed by atoms with E-state index >= 15 is 0 Å². The minimum absolute atomic E-state index is 0.0117. The van der Waals surface area contributed by atoms with E-state index in [1.54, 1.807) is 6.07 Å².